The highest BCUT2D eigenvalue weighted by atomic mass is 79.9. The van der Waals surface area contributed by atoms with Crippen LogP contribution in [0.25, 0.3) is 11.4 Å². The Hall–Kier alpha value is -4.06. The van der Waals surface area contributed by atoms with Crippen molar-refractivity contribution in [3.8, 4) is 11.4 Å². The summed E-state index contributed by atoms with van der Waals surface area (Å²) in [5.74, 6) is -0.720. The number of hydrogen-bond acceptors (Lipinski definition) is 9. The van der Waals surface area contributed by atoms with Gasteiger partial charge in [0.2, 0.25) is 0 Å². The Morgan fingerprint density at radius 3 is 1.88 bits per heavy atom. The van der Waals surface area contributed by atoms with E-state index in [1.807, 2.05) is 12.1 Å². The molecule has 0 aliphatic heterocycles. The van der Waals surface area contributed by atoms with Gasteiger partial charge in [-0.2, -0.15) is 5.10 Å². The van der Waals surface area contributed by atoms with Crippen molar-refractivity contribution in [3.63, 3.8) is 0 Å². The molecule has 4 aromatic heterocycles. The van der Waals surface area contributed by atoms with Crippen LogP contribution in [0.3, 0.4) is 0 Å². The number of nitrogens with zero attached hydrogens (tertiary/aromatic N) is 6. The summed E-state index contributed by atoms with van der Waals surface area (Å²) in [7, 11) is 0. The average Bonchev–Trinajstić information content (AvgIpc) is 3.44. The quantitative estimate of drug-likeness (QED) is 0.374. The lowest BCUT2D eigenvalue weighted by atomic mass is 10.3. The van der Waals surface area contributed by atoms with E-state index in [1.54, 1.807) is 61.6 Å². The number of esters is 2. The van der Waals surface area contributed by atoms with Crippen molar-refractivity contribution in [1.82, 2.24) is 29.5 Å². The molecule has 0 fully saturated rings. The second kappa shape index (κ2) is 11.7. The highest BCUT2D eigenvalue weighted by Gasteiger charge is 2.17. The Bertz CT molecular complexity index is 1150. The number of ether oxygens (including phenoxy) is 2. The van der Waals surface area contributed by atoms with Crippen LogP contribution in [-0.2, 0) is 9.47 Å². The van der Waals surface area contributed by atoms with Crippen molar-refractivity contribution in [3.05, 3.63) is 77.2 Å². The van der Waals surface area contributed by atoms with Crippen LogP contribution >= 0.6 is 15.9 Å². The van der Waals surface area contributed by atoms with Gasteiger partial charge in [-0.1, -0.05) is 0 Å². The molecule has 12 heteroatoms. The Morgan fingerprint density at radius 2 is 1.38 bits per heavy atom. The number of nitrogens with two attached hydrogens (primary N) is 1. The van der Waals surface area contributed by atoms with Gasteiger partial charge in [0.15, 0.2) is 5.82 Å². The van der Waals surface area contributed by atoms with Crippen LogP contribution in [0, 0.1) is 0 Å². The van der Waals surface area contributed by atoms with Crippen LogP contribution in [0.2, 0.25) is 0 Å². The molecule has 4 rings (SSSR count). The van der Waals surface area contributed by atoms with Crippen molar-refractivity contribution in [1.29, 1.82) is 0 Å². The van der Waals surface area contributed by atoms with Crippen LogP contribution in [0.5, 0.6) is 0 Å². The van der Waals surface area contributed by atoms with Crippen LogP contribution in [0.15, 0.2) is 66.0 Å². The van der Waals surface area contributed by atoms with E-state index in [-0.39, 0.29) is 11.4 Å². The Labute approximate surface area is 203 Å². The number of aromatic nitrogens is 6. The van der Waals surface area contributed by atoms with Gasteiger partial charge in [-0.15, -0.1) is 5.10 Å². The fourth-order valence-electron chi connectivity index (χ4n) is 2.70. The minimum Gasteiger partial charge on any atom is -0.462 e. The summed E-state index contributed by atoms with van der Waals surface area (Å²) in [5.41, 5.74) is 7.83. The summed E-state index contributed by atoms with van der Waals surface area (Å²) in [5, 5.41) is 8.21. The van der Waals surface area contributed by atoms with E-state index in [2.05, 4.69) is 36.1 Å². The predicted octanol–water partition coefficient (Wildman–Crippen LogP) is 3.23. The summed E-state index contributed by atoms with van der Waals surface area (Å²) in [6.45, 7) is 4.14. The second-order valence-corrected chi connectivity index (χ2v) is 7.27. The maximum atomic E-state index is 11.6. The van der Waals surface area contributed by atoms with Crippen molar-refractivity contribution in [2.45, 2.75) is 13.8 Å². The minimum atomic E-state index is -0.472. The van der Waals surface area contributed by atoms with E-state index in [9.17, 15) is 9.59 Å². The van der Waals surface area contributed by atoms with Gasteiger partial charge >= 0.3 is 11.9 Å². The van der Waals surface area contributed by atoms with E-state index in [1.165, 1.54) is 10.9 Å². The Morgan fingerprint density at radius 1 is 0.882 bits per heavy atom. The van der Waals surface area contributed by atoms with Gasteiger partial charge in [0.25, 0.3) is 0 Å². The summed E-state index contributed by atoms with van der Waals surface area (Å²) >= 11 is 3.23. The van der Waals surface area contributed by atoms with E-state index in [0.717, 1.165) is 11.4 Å². The summed E-state index contributed by atoms with van der Waals surface area (Å²) in [4.78, 5) is 31.1. The zero-order valence-corrected chi connectivity index (χ0v) is 20.0. The number of rotatable bonds is 6. The third kappa shape index (κ3) is 6.04. The molecule has 0 saturated heterocycles. The minimum absolute atomic E-state index is 0.146. The number of carbonyl (C=O) groups excluding carboxylic acids is 2. The highest BCUT2D eigenvalue weighted by molar-refractivity contribution is 9.10. The maximum absolute atomic E-state index is 11.6. The predicted molar refractivity (Wildman–Crippen MR) is 127 cm³/mol. The first-order valence-electron chi connectivity index (χ1n) is 10.2. The number of hydrogen-bond donors (Lipinski definition) is 1. The SMILES string of the molecule is CCOC(=O)c1cn(-c2cccnc2)nc1Br.CCOC(=O)c1cn(-c2cccnc2)nc1N. The normalized spacial score (nSPS) is 10.2. The lowest BCUT2D eigenvalue weighted by Gasteiger charge is -1.98. The van der Waals surface area contributed by atoms with Gasteiger partial charge in [-0.25, -0.2) is 19.0 Å². The number of pyridine rings is 2. The molecule has 0 aromatic carbocycles. The molecule has 0 spiro atoms. The standard InChI is InChI=1S/C11H10BrN3O2.C11H12N4O2/c2*1-2-17-11(16)9-7-15(14-10(9)12)8-4-3-5-13-6-8/h3-7H,2H2,1H3;3-7H,2H2,1H3,(H2,12,14). The zero-order valence-electron chi connectivity index (χ0n) is 18.5. The highest BCUT2D eigenvalue weighted by Crippen LogP contribution is 2.18. The topological polar surface area (TPSA) is 140 Å². The van der Waals surface area contributed by atoms with Gasteiger partial charge in [0, 0.05) is 24.8 Å². The van der Waals surface area contributed by atoms with Gasteiger partial charge < -0.3 is 15.2 Å². The molecule has 0 bridgehead atoms. The van der Waals surface area contributed by atoms with Gasteiger partial charge in [-0.05, 0) is 54.0 Å². The average molecular weight is 528 g/mol. The molecule has 11 nitrogen and oxygen atoms in total. The maximum Gasteiger partial charge on any atom is 0.343 e. The monoisotopic (exact) mass is 527 g/mol. The summed E-state index contributed by atoms with van der Waals surface area (Å²) in [6.07, 6.45) is 9.76. The van der Waals surface area contributed by atoms with Crippen LogP contribution in [0.4, 0.5) is 5.82 Å². The number of nitrogen functional groups attached to an aromatic ring is 1. The lowest BCUT2D eigenvalue weighted by molar-refractivity contribution is 0.0516. The molecule has 0 radical (unpaired) electrons. The molecule has 0 atom stereocenters. The molecule has 0 aliphatic rings. The van der Waals surface area contributed by atoms with Crippen molar-refractivity contribution in [2.75, 3.05) is 18.9 Å². The van der Waals surface area contributed by atoms with Crippen molar-refractivity contribution < 1.29 is 19.1 Å². The molecule has 2 N–H and O–H groups in total. The molecular formula is C22H22BrN7O4. The molecular weight excluding hydrogens is 506 g/mol. The summed E-state index contributed by atoms with van der Waals surface area (Å²) < 4.78 is 13.3. The smallest absolute Gasteiger partial charge is 0.343 e. The number of carbonyl (C=O) groups is 2. The Kier molecular flexibility index (Phi) is 8.46. The molecule has 0 saturated carbocycles. The van der Waals surface area contributed by atoms with Crippen molar-refractivity contribution in [2.24, 2.45) is 0 Å². The first kappa shape index (κ1) is 24.6. The van der Waals surface area contributed by atoms with Crippen molar-refractivity contribution >= 4 is 33.7 Å². The zero-order chi connectivity index (χ0) is 24.5. The molecule has 0 unspecified atom stereocenters. The first-order chi connectivity index (χ1) is 16.4. The summed E-state index contributed by atoms with van der Waals surface area (Å²) in [6, 6.07) is 7.24. The molecule has 4 heterocycles. The van der Waals surface area contributed by atoms with Gasteiger partial charge in [0.1, 0.15) is 15.7 Å². The third-order valence-corrected chi connectivity index (χ3v) is 4.81. The van der Waals surface area contributed by atoms with Gasteiger partial charge in [-0.3, -0.25) is 9.97 Å². The Balaban J connectivity index is 0.000000191. The van der Waals surface area contributed by atoms with E-state index in [4.69, 9.17) is 15.2 Å². The first-order valence-corrected chi connectivity index (χ1v) is 11.0. The van der Waals surface area contributed by atoms with E-state index in [0.29, 0.717) is 23.4 Å². The number of anilines is 1. The van der Waals surface area contributed by atoms with Crippen LogP contribution < -0.4 is 5.73 Å². The second-order valence-electron chi connectivity index (χ2n) is 6.51. The molecule has 34 heavy (non-hydrogen) atoms. The third-order valence-electron chi connectivity index (χ3n) is 4.22. The lowest BCUT2D eigenvalue weighted by Crippen LogP contribution is -2.05. The number of halogens is 1. The largest absolute Gasteiger partial charge is 0.462 e. The van der Waals surface area contributed by atoms with Crippen LogP contribution in [0.1, 0.15) is 34.6 Å². The van der Waals surface area contributed by atoms with E-state index < -0.39 is 11.9 Å². The molecule has 0 aliphatic carbocycles. The van der Waals surface area contributed by atoms with E-state index >= 15 is 0 Å². The fraction of sp³-hybridized carbons (Fsp3) is 0.182. The van der Waals surface area contributed by atoms with Gasteiger partial charge in [0.05, 0.1) is 37.0 Å². The van der Waals surface area contributed by atoms with Crippen LogP contribution in [-0.4, -0.2) is 54.7 Å². The molecule has 4 aromatic rings. The fourth-order valence-corrected chi connectivity index (χ4v) is 3.13. The molecule has 176 valence electrons. The molecule has 0 amide bonds.